The van der Waals surface area contributed by atoms with Crippen molar-refractivity contribution in [2.75, 3.05) is 0 Å². The van der Waals surface area contributed by atoms with Crippen LogP contribution in [0, 0.1) is 5.92 Å². The lowest BCUT2D eigenvalue weighted by Crippen LogP contribution is -1.96. The molecule has 0 aliphatic heterocycles. The summed E-state index contributed by atoms with van der Waals surface area (Å²) in [4.78, 5) is 11.3. The molecule has 1 saturated carbocycles. The summed E-state index contributed by atoms with van der Waals surface area (Å²) in [6, 6.07) is 18.3. The number of carbonyl (C=O) groups excluding carboxylic acids is 1. The minimum atomic E-state index is 0.242. The van der Waals surface area contributed by atoms with Crippen LogP contribution in [0.5, 0.6) is 5.75 Å². The van der Waals surface area contributed by atoms with Crippen molar-refractivity contribution in [1.29, 1.82) is 0 Å². The smallest absolute Gasteiger partial charge is 0.133 e. The maximum atomic E-state index is 11.3. The SMILES string of the molecule is CC(=O)C1CC1c1ccc(OCc2ccccc2)cc1. The molecule has 1 aliphatic rings. The molecule has 0 spiro atoms. The third-order valence-electron chi connectivity index (χ3n) is 3.87. The summed E-state index contributed by atoms with van der Waals surface area (Å²) in [5.41, 5.74) is 2.41. The standard InChI is InChI=1S/C18H18O2/c1-13(19)17-11-18(17)15-7-9-16(10-8-15)20-12-14-5-3-2-4-6-14/h2-10,17-18H,11-12H2,1H3. The van der Waals surface area contributed by atoms with Crippen LogP contribution in [0.1, 0.15) is 30.4 Å². The quantitative estimate of drug-likeness (QED) is 0.819. The Hall–Kier alpha value is -2.09. The molecule has 2 nitrogen and oxygen atoms in total. The molecule has 0 saturated heterocycles. The summed E-state index contributed by atoms with van der Waals surface area (Å²) in [5.74, 6) is 1.85. The van der Waals surface area contributed by atoms with Gasteiger partial charge in [0.2, 0.25) is 0 Å². The number of hydrogen-bond donors (Lipinski definition) is 0. The third-order valence-corrected chi connectivity index (χ3v) is 3.87. The van der Waals surface area contributed by atoms with E-state index < -0.39 is 0 Å². The molecule has 102 valence electrons. The molecule has 0 N–H and O–H groups in total. The maximum Gasteiger partial charge on any atom is 0.133 e. The lowest BCUT2D eigenvalue weighted by Gasteiger charge is -2.07. The monoisotopic (exact) mass is 266 g/mol. The highest BCUT2D eigenvalue weighted by atomic mass is 16.5. The fourth-order valence-electron chi connectivity index (χ4n) is 2.56. The molecule has 2 aromatic rings. The van der Waals surface area contributed by atoms with Gasteiger partial charge in [-0.2, -0.15) is 0 Å². The van der Waals surface area contributed by atoms with E-state index in [9.17, 15) is 4.79 Å². The zero-order valence-corrected chi connectivity index (χ0v) is 11.6. The fourth-order valence-corrected chi connectivity index (χ4v) is 2.56. The van der Waals surface area contributed by atoms with E-state index in [0.29, 0.717) is 18.3 Å². The Balaban J connectivity index is 1.58. The Morgan fingerprint density at radius 3 is 2.40 bits per heavy atom. The van der Waals surface area contributed by atoms with E-state index in [0.717, 1.165) is 17.7 Å². The van der Waals surface area contributed by atoms with E-state index in [-0.39, 0.29) is 5.92 Å². The molecule has 1 aliphatic carbocycles. The number of carbonyl (C=O) groups is 1. The minimum Gasteiger partial charge on any atom is -0.489 e. The van der Waals surface area contributed by atoms with Gasteiger partial charge >= 0.3 is 0 Å². The first-order valence-electron chi connectivity index (χ1n) is 7.01. The van der Waals surface area contributed by atoms with Gasteiger partial charge in [-0.1, -0.05) is 42.5 Å². The summed E-state index contributed by atoms with van der Waals surface area (Å²) in [5, 5.41) is 0. The molecule has 2 heteroatoms. The van der Waals surface area contributed by atoms with Crippen LogP contribution >= 0.6 is 0 Å². The molecule has 0 heterocycles. The van der Waals surface area contributed by atoms with Crippen molar-refractivity contribution < 1.29 is 9.53 Å². The molecule has 0 aromatic heterocycles. The summed E-state index contributed by atoms with van der Waals surface area (Å²) in [6.45, 7) is 2.27. The van der Waals surface area contributed by atoms with Crippen molar-refractivity contribution in [3.8, 4) is 5.75 Å². The van der Waals surface area contributed by atoms with Crippen LogP contribution in [0.3, 0.4) is 0 Å². The van der Waals surface area contributed by atoms with Crippen LogP contribution in [-0.2, 0) is 11.4 Å². The number of Topliss-reactive ketones (excluding diaryl/α,β-unsaturated/α-hetero) is 1. The van der Waals surface area contributed by atoms with E-state index in [2.05, 4.69) is 24.3 Å². The fraction of sp³-hybridized carbons (Fsp3) is 0.278. The summed E-state index contributed by atoms with van der Waals surface area (Å²) >= 11 is 0. The number of hydrogen-bond acceptors (Lipinski definition) is 2. The second-order valence-corrected chi connectivity index (χ2v) is 5.40. The molecule has 20 heavy (non-hydrogen) atoms. The zero-order valence-electron chi connectivity index (χ0n) is 11.6. The molecule has 1 fully saturated rings. The number of rotatable bonds is 5. The average Bonchev–Trinajstić information content (AvgIpc) is 3.27. The summed E-state index contributed by atoms with van der Waals surface area (Å²) in [6.07, 6.45) is 1.000. The molecule has 2 atom stereocenters. The van der Waals surface area contributed by atoms with Crippen molar-refractivity contribution in [2.45, 2.75) is 25.9 Å². The van der Waals surface area contributed by atoms with Crippen LogP contribution < -0.4 is 4.74 Å². The van der Waals surface area contributed by atoms with E-state index in [1.807, 2.05) is 30.3 Å². The highest BCUT2D eigenvalue weighted by molar-refractivity contribution is 5.82. The molecule has 0 amide bonds. The van der Waals surface area contributed by atoms with Gasteiger partial charge in [0.15, 0.2) is 0 Å². The van der Waals surface area contributed by atoms with Gasteiger partial charge in [0.25, 0.3) is 0 Å². The molecule has 2 unspecified atom stereocenters. The minimum absolute atomic E-state index is 0.242. The van der Waals surface area contributed by atoms with E-state index in [1.165, 1.54) is 5.56 Å². The van der Waals surface area contributed by atoms with Gasteiger partial charge in [-0.05, 0) is 42.5 Å². The van der Waals surface area contributed by atoms with Crippen LogP contribution in [0.25, 0.3) is 0 Å². The first-order chi connectivity index (χ1) is 9.74. The normalized spacial score (nSPS) is 20.4. The Kier molecular flexibility index (Phi) is 3.55. The lowest BCUT2D eigenvalue weighted by atomic mass is 10.1. The molecule has 0 bridgehead atoms. The average molecular weight is 266 g/mol. The predicted octanol–water partition coefficient (Wildman–Crippen LogP) is 3.96. The molecule has 0 radical (unpaired) electrons. The highest BCUT2D eigenvalue weighted by Crippen LogP contribution is 2.48. The molecule has 3 rings (SSSR count). The highest BCUT2D eigenvalue weighted by Gasteiger charge is 2.41. The van der Waals surface area contributed by atoms with E-state index in [4.69, 9.17) is 4.74 Å². The second-order valence-electron chi connectivity index (χ2n) is 5.40. The second kappa shape index (κ2) is 5.49. The Labute approximate surface area is 119 Å². The van der Waals surface area contributed by atoms with Gasteiger partial charge in [-0.25, -0.2) is 0 Å². The van der Waals surface area contributed by atoms with Crippen molar-refractivity contribution in [1.82, 2.24) is 0 Å². The van der Waals surface area contributed by atoms with Crippen LogP contribution in [-0.4, -0.2) is 5.78 Å². The van der Waals surface area contributed by atoms with Crippen molar-refractivity contribution in [3.05, 3.63) is 65.7 Å². The predicted molar refractivity (Wildman–Crippen MR) is 78.7 cm³/mol. The van der Waals surface area contributed by atoms with Gasteiger partial charge in [-0.15, -0.1) is 0 Å². The Morgan fingerprint density at radius 1 is 1.10 bits per heavy atom. The zero-order chi connectivity index (χ0) is 13.9. The third kappa shape index (κ3) is 2.90. The molecular formula is C18H18O2. The van der Waals surface area contributed by atoms with Gasteiger partial charge in [0.05, 0.1) is 0 Å². The Bertz CT molecular complexity index is 587. The summed E-state index contributed by atoms with van der Waals surface area (Å²) < 4.78 is 5.75. The number of ketones is 1. The van der Waals surface area contributed by atoms with Gasteiger partial charge in [-0.3, -0.25) is 4.79 Å². The number of ether oxygens (including phenoxy) is 1. The van der Waals surface area contributed by atoms with Crippen LogP contribution in [0.15, 0.2) is 54.6 Å². The maximum absolute atomic E-state index is 11.3. The Morgan fingerprint density at radius 2 is 1.80 bits per heavy atom. The number of benzene rings is 2. The van der Waals surface area contributed by atoms with Gasteiger partial charge < -0.3 is 4.74 Å². The van der Waals surface area contributed by atoms with Gasteiger partial charge in [0.1, 0.15) is 18.1 Å². The van der Waals surface area contributed by atoms with Crippen molar-refractivity contribution in [3.63, 3.8) is 0 Å². The molecular weight excluding hydrogens is 248 g/mol. The first kappa shape index (κ1) is 12.9. The molecule has 2 aromatic carbocycles. The largest absolute Gasteiger partial charge is 0.489 e. The van der Waals surface area contributed by atoms with Crippen LogP contribution in [0.2, 0.25) is 0 Å². The van der Waals surface area contributed by atoms with E-state index in [1.54, 1.807) is 6.92 Å². The summed E-state index contributed by atoms with van der Waals surface area (Å²) in [7, 11) is 0. The van der Waals surface area contributed by atoms with E-state index >= 15 is 0 Å². The van der Waals surface area contributed by atoms with Gasteiger partial charge in [0, 0.05) is 5.92 Å². The van der Waals surface area contributed by atoms with Crippen molar-refractivity contribution >= 4 is 5.78 Å². The topological polar surface area (TPSA) is 26.3 Å². The van der Waals surface area contributed by atoms with Crippen molar-refractivity contribution in [2.24, 2.45) is 5.92 Å². The van der Waals surface area contributed by atoms with Crippen LogP contribution in [0.4, 0.5) is 0 Å². The lowest BCUT2D eigenvalue weighted by molar-refractivity contribution is -0.118. The first-order valence-corrected chi connectivity index (χ1v) is 7.01.